The molecule has 1 aromatic heterocycles. The predicted octanol–water partition coefficient (Wildman–Crippen LogP) is 5.88. The highest BCUT2D eigenvalue weighted by Gasteiger charge is 2.31. The lowest BCUT2D eigenvalue weighted by Gasteiger charge is -2.11. The molecule has 1 atom stereocenters. The van der Waals surface area contributed by atoms with Crippen LogP contribution < -0.4 is 20.5 Å². The molecule has 200 valence electrons. The Morgan fingerprint density at radius 2 is 1.63 bits per heavy atom. The van der Waals surface area contributed by atoms with E-state index >= 15 is 0 Å². The molecular formula is C27H28Cl2N4O4S. The first-order valence-corrected chi connectivity index (χ1v) is 12.4. The number of thioether (sulfide) groups is 1. The van der Waals surface area contributed by atoms with Gasteiger partial charge in [-0.2, -0.15) is 0 Å². The van der Waals surface area contributed by atoms with Gasteiger partial charge >= 0.3 is 0 Å². The molecule has 1 saturated heterocycles. The Labute approximate surface area is 237 Å². The normalized spacial score (nSPS) is 14.6. The maximum absolute atomic E-state index is 11.8. The molecule has 1 aliphatic rings. The zero-order valence-electron chi connectivity index (χ0n) is 21.0. The molecule has 0 saturated carbocycles. The van der Waals surface area contributed by atoms with Crippen molar-refractivity contribution in [3.05, 3.63) is 77.1 Å². The molecule has 5 rings (SSSR count). The zero-order chi connectivity index (χ0) is 25.4. The number of carbonyl (C=O) groups is 2. The van der Waals surface area contributed by atoms with Crippen LogP contribution in [0.1, 0.15) is 22.5 Å². The SMILES string of the molecule is Cc1cc(Oc2ccc3nc(COc4ccc(C[C@H]5SC(=O)NC5=O)cc4)n(C)c3c2)cc(C)c1N.Cl.Cl. The molecule has 11 heteroatoms. The first-order chi connectivity index (χ1) is 17.3. The molecular weight excluding hydrogens is 547 g/mol. The van der Waals surface area contributed by atoms with Gasteiger partial charge in [0.2, 0.25) is 5.91 Å². The number of rotatable bonds is 7. The number of hydrogen-bond acceptors (Lipinski definition) is 7. The summed E-state index contributed by atoms with van der Waals surface area (Å²) in [6.45, 7) is 4.23. The van der Waals surface area contributed by atoms with E-state index in [9.17, 15) is 9.59 Å². The summed E-state index contributed by atoms with van der Waals surface area (Å²) >= 11 is 1.03. The van der Waals surface area contributed by atoms with Crippen molar-refractivity contribution in [1.82, 2.24) is 14.9 Å². The van der Waals surface area contributed by atoms with Gasteiger partial charge in [-0.05, 0) is 73.4 Å². The Balaban J connectivity index is 0.00000200. The van der Waals surface area contributed by atoms with Gasteiger partial charge in [0.1, 0.15) is 29.7 Å². The van der Waals surface area contributed by atoms with Crippen molar-refractivity contribution in [2.75, 3.05) is 5.73 Å². The van der Waals surface area contributed by atoms with E-state index in [2.05, 4.69) is 5.32 Å². The quantitative estimate of drug-likeness (QED) is 0.265. The molecule has 0 aliphatic carbocycles. The monoisotopic (exact) mass is 574 g/mol. The van der Waals surface area contributed by atoms with Crippen molar-refractivity contribution >= 4 is 64.4 Å². The fraction of sp³-hybridized carbons (Fsp3) is 0.222. The number of anilines is 1. The third-order valence-corrected chi connectivity index (χ3v) is 7.21. The Hall–Kier alpha value is -3.40. The number of hydrogen-bond donors (Lipinski definition) is 2. The fourth-order valence-electron chi connectivity index (χ4n) is 4.15. The van der Waals surface area contributed by atoms with Crippen LogP contribution in [0.15, 0.2) is 54.6 Å². The summed E-state index contributed by atoms with van der Waals surface area (Å²) in [5.41, 5.74) is 11.6. The van der Waals surface area contributed by atoms with Crippen molar-refractivity contribution in [2.45, 2.75) is 32.1 Å². The molecule has 0 spiro atoms. The molecule has 4 aromatic rings. The van der Waals surface area contributed by atoms with Crippen LogP contribution in [0.25, 0.3) is 11.0 Å². The fourth-order valence-corrected chi connectivity index (χ4v) is 5.01. The Morgan fingerprint density at radius 1 is 0.974 bits per heavy atom. The smallest absolute Gasteiger partial charge is 0.286 e. The van der Waals surface area contributed by atoms with Crippen LogP contribution in [0.4, 0.5) is 10.5 Å². The maximum Gasteiger partial charge on any atom is 0.286 e. The number of aromatic nitrogens is 2. The van der Waals surface area contributed by atoms with Crippen molar-refractivity contribution in [1.29, 1.82) is 0 Å². The number of imide groups is 1. The van der Waals surface area contributed by atoms with Gasteiger partial charge in [-0.15, -0.1) is 24.8 Å². The number of carbonyl (C=O) groups excluding carboxylic acids is 2. The molecule has 1 fully saturated rings. The third-order valence-electron chi connectivity index (χ3n) is 6.23. The van der Waals surface area contributed by atoms with Crippen LogP contribution in [0.5, 0.6) is 17.2 Å². The van der Waals surface area contributed by atoms with Crippen LogP contribution in [0, 0.1) is 13.8 Å². The van der Waals surface area contributed by atoms with E-state index < -0.39 is 0 Å². The number of amides is 2. The standard InChI is InChI=1S/C27H26N4O4S.2ClH/c1-15-10-20(11-16(2)25(15)28)35-19-8-9-21-22(13-19)31(3)24(29-21)14-34-18-6-4-17(5-7-18)12-23-26(32)30-27(33)36-23;;/h4-11,13,23H,12,14,28H2,1-3H3,(H,30,32,33);2*1H/t23-;;/m1../s1. The molecule has 0 bridgehead atoms. The molecule has 2 heterocycles. The van der Waals surface area contributed by atoms with Crippen molar-refractivity contribution in [3.8, 4) is 17.2 Å². The average Bonchev–Trinajstić information content (AvgIpc) is 3.34. The third kappa shape index (κ3) is 6.18. The van der Waals surface area contributed by atoms with E-state index in [1.54, 1.807) is 0 Å². The Kier molecular flexibility index (Phi) is 9.19. The van der Waals surface area contributed by atoms with Gasteiger partial charge in [0.25, 0.3) is 5.24 Å². The van der Waals surface area contributed by atoms with E-state index in [4.69, 9.17) is 20.2 Å². The van der Waals surface area contributed by atoms with Gasteiger partial charge < -0.3 is 19.8 Å². The highest BCUT2D eigenvalue weighted by Crippen LogP contribution is 2.30. The minimum atomic E-state index is -0.383. The van der Waals surface area contributed by atoms with E-state index in [0.29, 0.717) is 24.5 Å². The molecule has 8 nitrogen and oxygen atoms in total. The van der Waals surface area contributed by atoms with Crippen LogP contribution in [0.2, 0.25) is 0 Å². The zero-order valence-corrected chi connectivity index (χ0v) is 23.5. The van der Waals surface area contributed by atoms with E-state index in [0.717, 1.165) is 56.7 Å². The summed E-state index contributed by atoms with van der Waals surface area (Å²) in [6, 6.07) is 17.2. The minimum absolute atomic E-state index is 0. The number of nitrogens with one attached hydrogen (secondary N) is 1. The van der Waals surface area contributed by atoms with Crippen LogP contribution >= 0.6 is 36.6 Å². The van der Waals surface area contributed by atoms with Crippen molar-refractivity contribution in [2.24, 2.45) is 7.05 Å². The second kappa shape index (κ2) is 12.0. The number of benzene rings is 3. The highest BCUT2D eigenvalue weighted by atomic mass is 35.5. The number of nitrogens with zero attached hydrogens (tertiary/aromatic N) is 2. The average molecular weight is 576 g/mol. The topological polar surface area (TPSA) is 108 Å². The van der Waals surface area contributed by atoms with Crippen molar-refractivity contribution in [3.63, 3.8) is 0 Å². The van der Waals surface area contributed by atoms with Crippen molar-refractivity contribution < 1.29 is 19.1 Å². The number of imidazole rings is 1. The van der Waals surface area contributed by atoms with Gasteiger partial charge in [0.15, 0.2) is 0 Å². The first-order valence-electron chi connectivity index (χ1n) is 11.5. The minimum Gasteiger partial charge on any atom is -0.486 e. The van der Waals surface area contributed by atoms with E-state index in [1.807, 2.05) is 80.1 Å². The molecule has 38 heavy (non-hydrogen) atoms. The summed E-state index contributed by atoms with van der Waals surface area (Å²) in [6.07, 6.45) is 0.493. The Morgan fingerprint density at radius 3 is 2.26 bits per heavy atom. The molecule has 2 amide bonds. The molecule has 0 unspecified atom stereocenters. The summed E-state index contributed by atoms with van der Waals surface area (Å²) in [5.74, 6) is 2.70. The number of nitrogens with two attached hydrogens (primary N) is 1. The van der Waals surface area contributed by atoms with Gasteiger partial charge in [0, 0.05) is 18.8 Å². The molecule has 3 N–H and O–H groups in total. The summed E-state index contributed by atoms with van der Waals surface area (Å²) in [5, 5.41) is 1.64. The Bertz CT molecular complexity index is 1470. The summed E-state index contributed by atoms with van der Waals surface area (Å²) in [7, 11) is 1.95. The number of fused-ring (bicyclic) bond motifs is 1. The maximum atomic E-state index is 11.8. The van der Waals surface area contributed by atoms with Crippen LogP contribution in [-0.2, 0) is 24.9 Å². The van der Waals surface area contributed by atoms with Gasteiger partial charge in [-0.1, -0.05) is 23.9 Å². The second-order valence-corrected chi connectivity index (χ2v) is 10.0. The van der Waals surface area contributed by atoms with Gasteiger partial charge in [-0.3, -0.25) is 14.9 Å². The van der Waals surface area contributed by atoms with Gasteiger partial charge in [-0.25, -0.2) is 4.98 Å². The van der Waals surface area contributed by atoms with Crippen LogP contribution in [-0.4, -0.2) is 25.9 Å². The van der Waals surface area contributed by atoms with Crippen LogP contribution in [0.3, 0.4) is 0 Å². The lowest BCUT2D eigenvalue weighted by Crippen LogP contribution is -2.25. The second-order valence-electron chi connectivity index (χ2n) is 8.83. The predicted molar refractivity (Wildman–Crippen MR) is 155 cm³/mol. The summed E-state index contributed by atoms with van der Waals surface area (Å²) in [4.78, 5) is 27.8. The largest absolute Gasteiger partial charge is 0.486 e. The number of ether oxygens (including phenoxy) is 2. The molecule has 1 aliphatic heterocycles. The highest BCUT2D eigenvalue weighted by molar-refractivity contribution is 8.15. The number of aryl methyl sites for hydroxylation is 3. The first kappa shape index (κ1) is 29.2. The summed E-state index contributed by atoms with van der Waals surface area (Å²) < 4.78 is 14.0. The number of halogens is 2. The lowest BCUT2D eigenvalue weighted by atomic mass is 10.1. The number of nitrogen functional groups attached to an aromatic ring is 1. The van der Waals surface area contributed by atoms with E-state index in [-0.39, 0.29) is 41.2 Å². The lowest BCUT2D eigenvalue weighted by molar-refractivity contribution is -0.118. The molecule has 3 aromatic carbocycles. The molecule has 0 radical (unpaired) electrons. The van der Waals surface area contributed by atoms with Gasteiger partial charge in [0.05, 0.1) is 16.3 Å². The van der Waals surface area contributed by atoms with E-state index in [1.165, 1.54) is 0 Å².